The molecule has 31 heavy (non-hydrogen) atoms. The van der Waals surface area contributed by atoms with Crippen LogP contribution in [0, 0.1) is 0 Å². The summed E-state index contributed by atoms with van der Waals surface area (Å²) >= 11 is 6.12. The van der Waals surface area contributed by atoms with E-state index in [-0.39, 0.29) is 23.0 Å². The fraction of sp³-hybridized carbons (Fsp3) is 0.667. The highest BCUT2D eigenvalue weighted by molar-refractivity contribution is 6.28. The van der Waals surface area contributed by atoms with E-state index in [1.54, 1.807) is 4.90 Å². The highest BCUT2D eigenvalue weighted by Crippen LogP contribution is 2.33. The molecule has 4 heterocycles. The molecule has 0 aliphatic carbocycles. The Hall–Kier alpha value is -2.28. The average molecular weight is 458 g/mol. The van der Waals surface area contributed by atoms with Crippen molar-refractivity contribution >= 4 is 34.6 Å². The van der Waals surface area contributed by atoms with Crippen molar-refractivity contribution in [2.24, 2.45) is 0 Å². The number of alkyl halides is 1. The number of hydrogen-bond acceptors (Lipinski definition) is 8. The van der Waals surface area contributed by atoms with Gasteiger partial charge in [0.05, 0.1) is 6.33 Å². The van der Waals surface area contributed by atoms with Gasteiger partial charge in [0.15, 0.2) is 23.2 Å². The third-order valence-electron chi connectivity index (χ3n) is 5.61. The number of nitrogens with zero attached hydrogens (tertiary/aromatic N) is 5. The number of urea groups is 1. The number of nitrogens with one attached hydrogen (secondary N) is 2. The molecule has 2 aromatic rings. The van der Waals surface area contributed by atoms with Gasteiger partial charge in [-0.2, -0.15) is 9.97 Å². The Balaban J connectivity index is 1.52. The molecule has 11 nitrogen and oxygen atoms in total. The van der Waals surface area contributed by atoms with Gasteiger partial charge in [-0.05, 0) is 31.4 Å². The smallest absolute Gasteiger partial charge is 0.317 e. The number of aliphatic hydroxyl groups is 2. The zero-order chi connectivity index (χ0) is 22.1. The number of piperidine rings is 1. The van der Waals surface area contributed by atoms with Crippen molar-refractivity contribution in [1.29, 1.82) is 0 Å². The maximum absolute atomic E-state index is 13.1. The maximum Gasteiger partial charge on any atom is 0.317 e. The quantitative estimate of drug-likeness (QED) is 0.481. The highest BCUT2D eigenvalue weighted by atomic mass is 35.5. The standard InChI is InChI=1S/C18H25ClFN7O4/c1-2-21-18(30)26-5-3-9(4-6-26)23-14-11-15(25-17(19)24-14)27(8-22-11)16-13(29)12(28)10(7-20)31-16/h8-10,12-13,16,28-29H,2-7H2,1H3,(H,21,30)(H,23,24,25)/t10-,12-,13-,16-/m1/s1. The van der Waals surface area contributed by atoms with Gasteiger partial charge in [-0.3, -0.25) is 4.57 Å². The molecule has 0 saturated carbocycles. The van der Waals surface area contributed by atoms with Gasteiger partial charge in [0, 0.05) is 25.7 Å². The van der Waals surface area contributed by atoms with Crippen molar-refractivity contribution in [1.82, 2.24) is 29.7 Å². The maximum atomic E-state index is 13.1. The number of carbonyl (C=O) groups excluding carboxylic acids is 1. The van der Waals surface area contributed by atoms with Crippen LogP contribution in [0.4, 0.5) is 15.0 Å². The number of likely N-dealkylation sites (tertiary alicyclic amines) is 1. The Morgan fingerprint density at radius 1 is 1.32 bits per heavy atom. The number of anilines is 1. The Kier molecular flexibility index (Phi) is 6.42. The molecule has 2 fully saturated rings. The molecule has 2 amide bonds. The summed E-state index contributed by atoms with van der Waals surface area (Å²) in [7, 11) is 0. The molecule has 4 rings (SSSR count). The van der Waals surface area contributed by atoms with Crippen LogP contribution in [-0.4, -0.2) is 91.3 Å². The zero-order valence-electron chi connectivity index (χ0n) is 16.9. The average Bonchev–Trinajstić information content (AvgIpc) is 3.29. The van der Waals surface area contributed by atoms with Crippen LogP contribution >= 0.6 is 11.6 Å². The van der Waals surface area contributed by atoms with Crippen molar-refractivity contribution in [3.63, 3.8) is 0 Å². The van der Waals surface area contributed by atoms with E-state index >= 15 is 0 Å². The van der Waals surface area contributed by atoms with Crippen molar-refractivity contribution in [3.05, 3.63) is 11.6 Å². The number of halogens is 2. The first-order valence-corrected chi connectivity index (χ1v) is 10.6. The van der Waals surface area contributed by atoms with E-state index in [4.69, 9.17) is 16.3 Å². The predicted molar refractivity (Wildman–Crippen MR) is 110 cm³/mol. The van der Waals surface area contributed by atoms with Crippen molar-refractivity contribution in [2.45, 2.75) is 50.3 Å². The minimum absolute atomic E-state index is 0.0356. The lowest BCUT2D eigenvalue weighted by molar-refractivity contribution is -0.0409. The van der Waals surface area contributed by atoms with Crippen LogP contribution in [-0.2, 0) is 4.74 Å². The van der Waals surface area contributed by atoms with Gasteiger partial charge in [-0.15, -0.1) is 0 Å². The number of ether oxygens (including phenoxy) is 1. The molecule has 2 aliphatic rings. The topological polar surface area (TPSA) is 138 Å². The summed E-state index contributed by atoms with van der Waals surface area (Å²) in [4.78, 5) is 26.5. The summed E-state index contributed by atoms with van der Waals surface area (Å²) in [5.41, 5.74) is 0.697. The van der Waals surface area contributed by atoms with Crippen molar-refractivity contribution in [3.8, 4) is 0 Å². The van der Waals surface area contributed by atoms with E-state index in [0.29, 0.717) is 31.0 Å². The summed E-state index contributed by atoms with van der Waals surface area (Å²) < 4.78 is 19.9. The molecule has 2 aromatic heterocycles. The fourth-order valence-corrected chi connectivity index (χ4v) is 4.11. The monoisotopic (exact) mass is 457 g/mol. The highest BCUT2D eigenvalue weighted by Gasteiger charge is 2.44. The molecule has 13 heteroatoms. The largest absolute Gasteiger partial charge is 0.387 e. The Morgan fingerprint density at radius 3 is 2.71 bits per heavy atom. The zero-order valence-corrected chi connectivity index (χ0v) is 17.7. The lowest BCUT2D eigenvalue weighted by Gasteiger charge is -2.32. The van der Waals surface area contributed by atoms with E-state index in [1.807, 2.05) is 6.92 Å². The van der Waals surface area contributed by atoms with Crippen LogP contribution in [0.3, 0.4) is 0 Å². The van der Waals surface area contributed by atoms with Crippen molar-refractivity contribution < 1.29 is 24.1 Å². The summed E-state index contributed by atoms with van der Waals surface area (Å²) in [6, 6.07) is -0.0212. The fourth-order valence-electron chi connectivity index (χ4n) is 3.95. The van der Waals surface area contributed by atoms with Gasteiger partial charge < -0.3 is 30.5 Å². The summed E-state index contributed by atoms with van der Waals surface area (Å²) in [5, 5.41) is 26.3. The number of aliphatic hydroxyl groups excluding tert-OH is 2. The third-order valence-corrected chi connectivity index (χ3v) is 5.78. The molecule has 4 N–H and O–H groups in total. The Labute approximate surface area is 182 Å². The Bertz CT molecular complexity index is 939. The van der Waals surface area contributed by atoms with E-state index in [1.165, 1.54) is 10.9 Å². The third kappa shape index (κ3) is 4.25. The van der Waals surface area contributed by atoms with Crippen LogP contribution in [0.25, 0.3) is 11.2 Å². The van der Waals surface area contributed by atoms with Gasteiger partial charge >= 0.3 is 6.03 Å². The lowest BCUT2D eigenvalue weighted by atomic mass is 10.1. The molecule has 0 spiro atoms. The second-order valence-electron chi connectivity index (χ2n) is 7.61. The van der Waals surface area contributed by atoms with E-state index in [9.17, 15) is 19.4 Å². The van der Waals surface area contributed by atoms with Crippen LogP contribution < -0.4 is 10.6 Å². The minimum atomic E-state index is -1.36. The molecular formula is C18H25ClFN7O4. The molecule has 0 bridgehead atoms. The minimum Gasteiger partial charge on any atom is -0.387 e. The normalized spacial score (nSPS) is 27.1. The van der Waals surface area contributed by atoms with Gasteiger partial charge in [-0.25, -0.2) is 14.2 Å². The SMILES string of the molecule is CCNC(=O)N1CCC(Nc2nc(Cl)nc3c2ncn3[C@@H]2O[C@H](CF)[C@@H](O)[C@H]2O)CC1. The lowest BCUT2D eigenvalue weighted by Crippen LogP contribution is -2.46. The molecule has 2 saturated heterocycles. The van der Waals surface area contributed by atoms with Gasteiger partial charge in [-0.1, -0.05) is 0 Å². The van der Waals surface area contributed by atoms with E-state index in [2.05, 4.69) is 25.6 Å². The number of rotatable bonds is 5. The summed E-state index contributed by atoms with van der Waals surface area (Å²) in [6.45, 7) is 2.73. The molecule has 170 valence electrons. The molecule has 4 atom stereocenters. The first-order chi connectivity index (χ1) is 14.9. The van der Waals surface area contributed by atoms with Crippen LogP contribution in [0.15, 0.2) is 6.33 Å². The second kappa shape index (κ2) is 9.07. The van der Waals surface area contributed by atoms with Gasteiger partial charge in [0.1, 0.15) is 25.0 Å². The molecule has 0 radical (unpaired) electrons. The number of hydrogen-bond donors (Lipinski definition) is 4. The van der Waals surface area contributed by atoms with Gasteiger partial charge in [0.2, 0.25) is 5.28 Å². The first kappa shape index (κ1) is 21.9. The molecule has 2 aliphatic heterocycles. The summed E-state index contributed by atoms with van der Waals surface area (Å²) in [5.74, 6) is 0.417. The first-order valence-electron chi connectivity index (χ1n) is 10.2. The number of fused-ring (bicyclic) bond motifs is 1. The predicted octanol–water partition coefficient (Wildman–Crippen LogP) is 0.674. The van der Waals surface area contributed by atoms with Crippen LogP contribution in [0.2, 0.25) is 5.28 Å². The number of imidazole rings is 1. The van der Waals surface area contributed by atoms with Gasteiger partial charge in [0.25, 0.3) is 0 Å². The van der Waals surface area contributed by atoms with E-state index < -0.39 is 31.2 Å². The van der Waals surface area contributed by atoms with Crippen molar-refractivity contribution in [2.75, 3.05) is 31.6 Å². The number of aromatic nitrogens is 4. The summed E-state index contributed by atoms with van der Waals surface area (Å²) in [6.07, 6.45) is -2.08. The van der Waals surface area contributed by atoms with Crippen LogP contribution in [0.5, 0.6) is 0 Å². The Morgan fingerprint density at radius 2 is 2.06 bits per heavy atom. The number of amides is 2. The number of carbonyl (C=O) groups is 1. The molecular weight excluding hydrogens is 433 g/mol. The van der Waals surface area contributed by atoms with E-state index in [0.717, 1.165) is 12.8 Å². The molecule has 0 unspecified atom stereocenters. The second-order valence-corrected chi connectivity index (χ2v) is 7.95. The van der Waals surface area contributed by atoms with Crippen LogP contribution in [0.1, 0.15) is 26.0 Å². The molecule has 0 aromatic carbocycles.